The molecule has 0 fully saturated rings. The quantitative estimate of drug-likeness (QED) is 0.406. The summed E-state index contributed by atoms with van der Waals surface area (Å²) < 4.78 is 12.4. The third kappa shape index (κ3) is 5.11. The molecule has 1 atom stereocenters. The molecule has 10 heavy (non-hydrogen) atoms. The second kappa shape index (κ2) is 6.10. The SMILES string of the molecule is C=CCC#CC(F)/C=C\C. The Morgan fingerprint density at radius 3 is 2.90 bits per heavy atom. The molecule has 0 bridgehead atoms. The van der Waals surface area contributed by atoms with Crippen LogP contribution in [0.5, 0.6) is 0 Å². The summed E-state index contributed by atoms with van der Waals surface area (Å²) in [6, 6.07) is 0. The van der Waals surface area contributed by atoms with Crippen LogP contribution in [0.3, 0.4) is 0 Å². The van der Waals surface area contributed by atoms with Crippen molar-refractivity contribution < 1.29 is 4.39 Å². The summed E-state index contributed by atoms with van der Waals surface area (Å²) in [5.41, 5.74) is 0. The van der Waals surface area contributed by atoms with Gasteiger partial charge in [0.05, 0.1) is 0 Å². The van der Waals surface area contributed by atoms with Gasteiger partial charge in [-0.05, 0) is 13.0 Å². The van der Waals surface area contributed by atoms with Gasteiger partial charge in [0.15, 0.2) is 6.17 Å². The lowest BCUT2D eigenvalue weighted by molar-refractivity contribution is 0.481. The number of hydrogen-bond acceptors (Lipinski definition) is 0. The minimum atomic E-state index is -1.12. The van der Waals surface area contributed by atoms with Crippen LogP contribution in [0.25, 0.3) is 0 Å². The van der Waals surface area contributed by atoms with Crippen LogP contribution in [-0.2, 0) is 0 Å². The summed E-state index contributed by atoms with van der Waals surface area (Å²) in [5.74, 6) is 5.04. The van der Waals surface area contributed by atoms with Gasteiger partial charge in [-0.1, -0.05) is 24.0 Å². The second-order valence-electron chi connectivity index (χ2n) is 1.74. The zero-order valence-electron chi connectivity index (χ0n) is 6.10. The van der Waals surface area contributed by atoms with Crippen molar-refractivity contribution in [2.45, 2.75) is 19.5 Å². The van der Waals surface area contributed by atoms with Crippen molar-refractivity contribution in [1.82, 2.24) is 0 Å². The van der Waals surface area contributed by atoms with E-state index in [0.717, 1.165) is 0 Å². The zero-order valence-corrected chi connectivity index (χ0v) is 6.10. The topological polar surface area (TPSA) is 0 Å². The Balaban J connectivity index is 3.67. The fraction of sp³-hybridized carbons (Fsp3) is 0.333. The molecule has 0 rings (SSSR count). The van der Waals surface area contributed by atoms with Crippen LogP contribution in [0.2, 0.25) is 0 Å². The van der Waals surface area contributed by atoms with Gasteiger partial charge in [0, 0.05) is 6.42 Å². The maximum atomic E-state index is 12.4. The standard InChI is InChI=1S/C9H11F/c1-3-5-6-8-9(10)7-4-2/h3-4,7,9H,1,5H2,2H3/b7-4-. The number of allylic oxidation sites excluding steroid dienone is 3. The summed E-state index contributed by atoms with van der Waals surface area (Å²) in [7, 11) is 0. The molecule has 0 aromatic heterocycles. The molecule has 1 unspecified atom stereocenters. The summed E-state index contributed by atoms with van der Waals surface area (Å²) in [5, 5.41) is 0. The molecule has 0 heterocycles. The number of alkyl halides is 1. The van der Waals surface area contributed by atoms with Gasteiger partial charge in [-0.2, -0.15) is 0 Å². The molecule has 0 saturated heterocycles. The van der Waals surface area contributed by atoms with E-state index in [4.69, 9.17) is 0 Å². The van der Waals surface area contributed by atoms with E-state index < -0.39 is 6.17 Å². The monoisotopic (exact) mass is 138 g/mol. The minimum Gasteiger partial charge on any atom is -0.229 e. The Hall–Kier alpha value is -1.03. The van der Waals surface area contributed by atoms with Crippen molar-refractivity contribution in [3.63, 3.8) is 0 Å². The molecule has 0 amide bonds. The highest BCUT2D eigenvalue weighted by molar-refractivity contribution is 5.13. The van der Waals surface area contributed by atoms with Gasteiger partial charge >= 0.3 is 0 Å². The van der Waals surface area contributed by atoms with E-state index in [0.29, 0.717) is 6.42 Å². The fourth-order valence-corrected chi connectivity index (χ4v) is 0.446. The Morgan fingerprint density at radius 2 is 2.40 bits per heavy atom. The van der Waals surface area contributed by atoms with E-state index in [1.807, 2.05) is 0 Å². The minimum absolute atomic E-state index is 0.554. The molecule has 0 saturated carbocycles. The van der Waals surface area contributed by atoms with Crippen molar-refractivity contribution in [3.05, 3.63) is 24.8 Å². The molecule has 0 aliphatic heterocycles. The summed E-state index contributed by atoms with van der Waals surface area (Å²) >= 11 is 0. The summed E-state index contributed by atoms with van der Waals surface area (Å²) in [6.07, 6.45) is 4.14. The smallest absolute Gasteiger partial charge is 0.178 e. The van der Waals surface area contributed by atoms with E-state index in [1.165, 1.54) is 6.08 Å². The maximum absolute atomic E-state index is 12.4. The largest absolute Gasteiger partial charge is 0.229 e. The van der Waals surface area contributed by atoms with Crippen molar-refractivity contribution in [2.24, 2.45) is 0 Å². The maximum Gasteiger partial charge on any atom is 0.178 e. The van der Waals surface area contributed by atoms with E-state index in [-0.39, 0.29) is 0 Å². The second-order valence-corrected chi connectivity index (χ2v) is 1.74. The van der Waals surface area contributed by atoms with Gasteiger partial charge in [0.25, 0.3) is 0 Å². The zero-order chi connectivity index (χ0) is 7.82. The third-order valence-corrected chi connectivity index (χ3v) is 0.848. The molecule has 0 nitrogen and oxygen atoms in total. The van der Waals surface area contributed by atoms with Crippen LogP contribution in [0.15, 0.2) is 24.8 Å². The highest BCUT2D eigenvalue weighted by atomic mass is 19.1. The highest BCUT2D eigenvalue weighted by Crippen LogP contribution is 1.90. The van der Waals surface area contributed by atoms with E-state index in [2.05, 4.69) is 18.4 Å². The lowest BCUT2D eigenvalue weighted by Gasteiger charge is -1.85. The summed E-state index contributed by atoms with van der Waals surface area (Å²) in [6.45, 7) is 5.23. The number of rotatable bonds is 2. The average molecular weight is 138 g/mol. The molecule has 0 aromatic carbocycles. The molecule has 1 heteroatoms. The molecule has 0 N–H and O–H groups in total. The first-order valence-corrected chi connectivity index (χ1v) is 3.17. The molecular formula is C9H11F. The predicted octanol–water partition coefficient (Wildman–Crippen LogP) is 2.48. The number of hydrogen-bond donors (Lipinski definition) is 0. The van der Waals surface area contributed by atoms with E-state index in [1.54, 1.807) is 19.1 Å². The first-order valence-electron chi connectivity index (χ1n) is 3.17. The Morgan fingerprint density at radius 1 is 1.70 bits per heavy atom. The van der Waals surface area contributed by atoms with Gasteiger partial charge in [0.1, 0.15) is 0 Å². The average Bonchev–Trinajstić information content (AvgIpc) is 1.89. The normalized spacial score (nSPS) is 12.2. The summed E-state index contributed by atoms with van der Waals surface area (Å²) in [4.78, 5) is 0. The molecule has 0 radical (unpaired) electrons. The van der Waals surface area contributed by atoms with Crippen LogP contribution in [-0.4, -0.2) is 6.17 Å². The Bertz CT molecular complexity index is 169. The molecular weight excluding hydrogens is 127 g/mol. The fourth-order valence-electron chi connectivity index (χ4n) is 0.446. The molecule has 0 aromatic rings. The molecule has 0 spiro atoms. The lowest BCUT2D eigenvalue weighted by Crippen LogP contribution is -1.86. The van der Waals surface area contributed by atoms with Crippen molar-refractivity contribution in [2.75, 3.05) is 0 Å². The van der Waals surface area contributed by atoms with Gasteiger partial charge in [-0.15, -0.1) is 6.58 Å². The first-order chi connectivity index (χ1) is 4.81. The van der Waals surface area contributed by atoms with E-state index in [9.17, 15) is 4.39 Å². The van der Waals surface area contributed by atoms with Crippen LogP contribution in [0, 0.1) is 11.8 Å². The highest BCUT2D eigenvalue weighted by Gasteiger charge is 1.89. The van der Waals surface area contributed by atoms with Gasteiger partial charge in [0.2, 0.25) is 0 Å². The van der Waals surface area contributed by atoms with Crippen LogP contribution in [0.4, 0.5) is 4.39 Å². The molecule has 54 valence electrons. The van der Waals surface area contributed by atoms with Crippen molar-refractivity contribution in [1.29, 1.82) is 0 Å². The van der Waals surface area contributed by atoms with Crippen LogP contribution in [0.1, 0.15) is 13.3 Å². The first kappa shape index (κ1) is 8.97. The van der Waals surface area contributed by atoms with Gasteiger partial charge in [-0.25, -0.2) is 4.39 Å². The third-order valence-electron chi connectivity index (χ3n) is 0.848. The number of halogens is 1. The Kier molecular flexibility index (Phi) is 5.47. The molecule has 0 aliphatic rings. The van der Waals surface area contributed by atoms with Crippen LogP contribution >= 0.6 is 0 Å². The Labute approximate surface area is 61.4 Å². The van der Waals surface area contributed by atoms with Crippen LogP contribution < -0.4 is 0 Å². The van der Waals surface area contributed by atoms with Gasteiger partial charge < -0.3 is 0 Å². The lowest BCUT2D eigenvalue weighted by atomic mass is 10.3. The predicted molar refractivity (Wildman–Crippen MR) is 42.3 cm³/mol. The van der Waals surface area contributed by atoms with Crippen molar-refractivity contribution >= 4 is 0 Å². The molecule has 0 aliphatic carbocycles. The van der Waals surface area contributed by atoms with Gasteiger partial charge in [-0.3, -0.25) is 0 Å². The van der Waals surface area contributed by atoms with E-state index >= 15 is 0 Å². The van der Waals surface area contributed by atoms with Crippen molar-refractivity contribution in [3.8, 4) is 11.8 Å².